The summed E-state index contributed by atoms with van der Waals surface area (Å²) < 4.78 is 5.89. The fourth-order valence-corrected chi connectivity index (χ4v) is 6.28. The molecule has 2 aliphatic heterocycles. The van der Waals surface area contributed by atoms with Gasteiger partial charge in [-0.15, -0.1) is 23.4 Å². The van der Waals surface area contributed by atoms with E-state index in [1.807, 2.05) is 7.05 Å². The van der Waals surface area contributed by atoms with Crippen molar-refractivity contribution in [2.24, 2.45) is 5.92 Å². The number of amides is 1. The van der Waals surface area contributed by atoms with E-state index in [4.69, 9.17) is 16.3 Å². The maximum atomic E-state index is 13.3. The quantitative estimate of drug-likeness (QED) is 0.211. The van der Waals surface area contributed by atoms with Crippen LogP contribution in [0.4, 0.5) is 0 Å². The molecule has 2 fully saturated rings. The van der Waals surface area contributed by atoms with Crippen molar-refractivity contribution in [2.75, 3.05) is 19.8 Å². The highest BCUT2D eigenvalue weighted by Crippen LogP contribution is 2.31. The van der Waals surface area contributed by atoms with Crippen LogP contribution < -0.4 is 5.32 Å². The summed E-state index contributed by atoms with van der Waals surface area (Å²) in [5.41, 5.74) is -0.707. The average molecular weight is 537 g/mol. The monoisotopic (exact) mass is 536 g/mol. The van der Waals surface area contributed by atoms with Gasteiger partial charge in [-0.3, -0.25) is 9.69 Å². The number of aliphatic hydroxyl groups is 3. The molecule has 7 nitrogen and oxygen atoms in total. The number of hydrogen-bond acceptors (Lipinski definition) is 7. The molecule has 2 heterocycles. The smallest absolute Gasteiger partial charge is 0.237 e. The number of nitrogens with one attached hydrogen (secondary N) is 1. The van der Waals surface area contributed by atoms with E-state index < -0.39 is 41.3 Å². The van der Waals surface area contributed by atoms with Crippen LogP contribution in [0.5, 0.6) is 0 Å². The number of alkyl halides is 1. The number of thioether (sulfide) groups is 1. The van der Waals surface area contributed by atoms with Gasteiger partial charge in [-0.2, -0.15) is 0 Å². The number of hydrogen-bond donors (Lipinski definition) is 4. The van der Waals surface area contributed by atoms with Crippen molar-refractivity contribution >= 4 is 29.3 Å². The molecule has 2 saturated heterocycles. The summed E-state index contributed by atoms with van der Waals surface area (Å²) >= 11 is 7.68. The number of unbranched alkanes of at least 4 members (excludes halogenated alkanes) is 6. The van der Waals surface area contributed by atoms with Gasteiger partial charge in [-0.25, -0.2) is 0 Å². The maximum absolute atomic E-state index is 13.3. The lowest BCUT2D eigenvalue weighted by Crippen LogP contribution is -2.65. The summed E-state index contributed by atoms with van der Waals surface area (Å²) in [4.78, 5) is 15.5. The SMILES string of the molecule is CCCCCCCCC[C@H]1CC[C@@H](C(=O)NC([C@H]2OC(SC)[C@H](O)C(O)C2O)[C@H](C)Cl)N(C)CC1. The van der Waals surface area contributed by atoms with Gasteiger partial charge in [0.05, 0.1) is 17.5 Å². The number of halogens is 1. The standard InChI is InChI=1S/C26H49ClN2O5S/c1-5-6-7-8-9-10-11-12-18-13-14-19(29(3)16-15-18)25(33)28-20(17(2)27)24-22(31)21(30)23(32)26(34-24)35-4/h17-24,26,30-32H,5-16H2,1-4H3,(H,28,33)/t17-,18-,19-,20?,21?,22?,23+,24+,26?/m0/s1. The van der Waals surface area contributed by atoms with Crippen molar-refractivity contribution in [1.82, 2.24) is 10.2 Å². The van der Waals surface area contributed by atoms with E-state index in [2.05, 4.69) is 17.1 Å². The van der Waals surface area contributed by atoms with Gasteiger partial charge in [0.2, 0.25) is 5.91 Å². The summed E-state index contributed by atoms with van der Waals surface area (Å²) in [7, 11) is 2.00. The van der Waals surface area contributed by atoms with Crippen molar-refractivity contribution in [3.63, 3.8) is 0 Å². The van der Waals surface area contributed by atoms with Crippen molar-refractivity contribution in [2.45, 2.75) is 132 Å². The number of aliphatic hydroxyl groups excluding tert-OH is 3. The zero-order valence-corrected chi connectivity index (χ0v) is 23.6. The van der Waals surface area contributed by atoms with E-state index in [1.54, 1.807) is 13.2 Å². The highest BCUT2D eigenvalue weighted by molar-refractivity contribution is 7.99. The van der Waals surface area contributed by atoms with Gasteiger partial charge in [0.15, 0.2) is 0 Å². The highest BCUT2D eigenvalue weighted by atomic mass is 35.5. The van der Waals surface area contributed by atoms with Gasteiger partial charge < -0.3 is 25.4 Å². The molecule has 0 radical (unpaired) electrons. The zero-order chi connectivity index (χ0) is 26.0. The molecule has 1 amide bonds. The molecule has 0 aliphatic carbocycles. The number of carbonyl (C=O) groups excluding carboxylic acids is 1. The fourth-order valence-electron chi connectivity index (χ4n) is 5.39. The summed E-state index contributed by atoms with van der Waals surface area (Å²) in [5, 5.41) is 33.6. The van der Waals surface area contributed by atoms with Gasteiger partial charge in [0, 0.05) is 0 Å². The van der Waals surface area contributed by atoms with Crippen LogP contribution in [0.25, 0.3) is 0 Å². The van der Waals surface area contributed by atoms with Gasteiger partial charge in [-0.1, -0.05) is 58.3 Å². The summed E-state index contributed by atoms with van der Waals surface area (Å²) in [6.07, 6.45) is 10.3. The van der Waals surface area contributed by atoms with Crippen LogP contribution in [0, 0.1) is 5.92 Å². The second-order valence-electron chi connectivity index (χ2n) is 10.5. The number of likely N-dealkylation sites (N-methyl/N-ethyl adjacent to an activating group) is 1. The van der Waals surface area contributed by atoms with E-state index >= 15 is 0 Å². The van der Waals surface area contributed by atoms with Gasteiger partial charge in [-0.05, 0) is 52.0 Å². The minimum absolute atomic E-state index is 0.126. The molecule has 4 unspecified atom stereocenters. The summed E-state index contributed by atoms with van der Waals surface area (Å²) in [6, 6.07) is -0.962. The van der Waals surface area contributed by atoms with Crippen molar-refractivity contribution in [1.29, 1.82) is 0 Å². The van der Waals surface area contributed by atoms with Gasteiger partial charge in [0.25, 0.3) is 0 Å². The van der Waals surface area contributed by atoms with Crippen molar-refractivity contribution in [3.8, 4) is 0 Å². The van der Waals surface area contributed by atoms with Gasteiger partial charge in [0.1, 0.15) is 29.9 Å². The first-order valence-electron chi connectivity index (χ1n) is 13.6. The number of nitrogens with zero attached hydrogens (tertiary/aromatic N) is 1. The Hall–Kier alpha value is -0.0900. The molecule has 0 aromatic carbocycles. The number of likely N-dealkylation sites (tertiary alicyclic amines) is 1. The minimum atomic E-state index is -1.37. The van der Waals surface area contributed by atoms with Crippen molar-refractivity contribution in [3.05, 3.63) is 0 Å². The van der Waals surface area contributed by atoms with Crippen LogP contribution in [0.2, 0.25) is 0 Å². The molecule has 2 aliphatic rings. The minimum Gasteiger partial charge on any atom is -0.388 e. The summed E-state index contributed by atoms with van der Waals surface area (Å²) in [6.45, 7) is 4.86. The van der Waals surface area contributed by atoms with Gasteiger partial charge >= 0.3 is 0 Å². The Morgan fingerprint density at radius 1 is 1.06 bits per heavy atom. The molecular formula is C26H49ClN2O5S. The predicted molar refractivity (Wildman–Crippen MR) is 144 cm³/mol. The molecule has 2 rings (SSSR count). The molecule has 0 aromatic heterocycles. The molecule has 0 saturated carbocycles. The van der Waals surface area contributed by atoms with Crippen LogP contribution in [0.15, 0.2) is 0 Å². The third-order valence-corrected chi connectivity index (χ3v) is 8.91. The van der Waals surface area contributed by atoms with E-state index in [0.717, 1.165) is 25.8 Å². The first kappa shape index (κ1) is 31.1. The normalized spacial score (nSPS) is 34.2. The molecule has 0 spiro atoms. The number of rotatable bonds is 13. The molecule has 0 bridgehead atoms. The Morgan fingerprint density at radius 2 is 1.71 bits per heavy atom. The Balaban J connectivity index is 1.90. The molecule has 206 valence electrons. The largest absolute Gasteiger partial charge is 0.388 e. The third-order valence-electron chi connectivity index (χ3n) is 7.79. The number of ether oxygens (including phenoxy) is 1. The maximum Gasteiger partial charge on any atom is 0.237 e. The lowest BCUT2D eigenvalue weighted by molar-refractivity contribution is -0.205. The lowest BCUT2D eigenvalue weighted by Gasteiger charge is -2.44. The molecule has 9 heteroatoms. The molecule has 4 N–H and O–H groups in total. The Bertz CT molecular complexity index is 614. The number of carbonyl (C=O) groups is 1. The van der Waals surface area contributed by atoms with Crippen LogP contribution in [0.3, 0.4) is 0 Å². The third kappa shape index (κ3) is 9.31. The van der Waals surface area contributed by atoms with Crippen molar-refractivity contribution < 1.29 is 24.9 Å². The molecular weight excluding hydrogens is 488 g/mol. The topological polar surface area (TPSA) is 102 Å². The summed E-state index contributed by atoms with van der Waals surface area (Å²) in [5.74, 6) is 0.523. The Labute approximate surface area is 221 Å². The van der Waals surface area contributed by atoms with Crippen LogP contribution in [-0.4, -0.2) is 93.3 Å². The molecule has 9 atom stereocenters. The van der Waals surface area contributed by atoms with E-state index in [0.29, 0.717) is 5.92 Å². The molecule has 35 heavy (non-hydrogen) atoms. The molecule has 0 aromatic rings. The Morgan fingerprint density at radius 3 is 2.34 bits per heavy atom. The average Bonchev–Trinajstić information content (AvgIpc) is 3.02. The van der Waals surface area contributed by atoms with E-state index in [1.165, 1.54) is 63.1 Å². The predicted octanol–water partition coefficient (Wildman–Crippen LogP) is 3.51. The second-order valence-corrected chi connectivity index (χ2v) is 12.2. The lowest BCUT2D eigenvalue weighted by atomic mass is 9.92. The second kappa shape index (κ2) is 16.0. The van der Waals surface area contributed by atoms with E-state index in [9.17, 15) is 20.1 Å². The first-order chi connectivity index (χ1) is 16.7. The fraction of sp³-hybridized carbons (Fsp3) is 0.962. The van der Waals surface area contributed by atoms with E-state index in [-0.39, 0.29) is 11.9 Å². The zero-order valence-electron chi connectivity index (χ0n) is 22.1. The van der Waals surface area contributed by atoms with Crippen LogP contribution >= 0.6 is 23.4 Å². The van der Waals surface area contributed by atoms with Crippen LogP contribution in [-0.2, 0) is 9.53 Å². The highest BCUT2D eigenvalue weighted by Gasteiger charge is 2.48. The Kier molecular flexibility index (Phi) is 14.2. The first-order valence-corrected chi connectivity index (χ1v) is 15.3. The van der Waals surface area contributed by atoms with Crippen LogP contribution in [0.1, 0.15) is 84.5 Å².